The number of aromatic amines is 1. The quantitative estimate of drug-likeness (QED) is 0.482. The van der Waals surface area contributed by atoms with E-state index in [1.54, 1.807) is 19.2 Å². The van der Waals surface area contributed by atoms with Crippen molar-refractivity contribution in [2.24, 2.45) is 0 Å². The lowest BCUT2D eigenvalue weighted by atomic mass is 10.0. The summed E-state index contributed by atoms with van der Waals surface area (Å²) in [6.07, 6.45) is 0. The van der Waals surface area contributed by atoms with Crippen molar-refractivity contribution >= 4 is 22.5 Å². The van der Waals surface area contributed by atoms with Gasteiger partial charge in [0.1, 0.15) is 5.82 Å². The van der Waals surface area contributed by atoms with E-state index < -0.39 is 0 Å². The van der Waals surface area contributed by atoms with Crippen LogP contribution in [0.5, 0.6) is 5.88 Å². The second-order valence-corrected chi connectivity index (χ2v) is 6.48. The van der Waals surface area contributed by atoms with Crippen LogP contribution in [0.4, 0.5) is 4.39 Å². The second kappa shape index (κ2) is 6.46. The molecule has 0 aliphatic rings. The van der Waals surface area contributed by atoms with Gasteiger partial charge in [0, 0.05) is 28.2 Å². The van der Waals surface area contributed by atoms with Gasteiger partial charge in [-0.1, -0.05) is 23.7 Å². The van der Waals surface area contributed by atoms with E-state index >= 15 is 0 Å². The number of benzene rings is 2. The molecule has 0 radical (unpaired) electrons. The van der Waals surface area contributed by atoms with Gasteiger partial charge in [-0.15, -0.1) is 0 Å². The van der Waals surface area contributed by atoms with Crippen LogP contribution in [0.15, 0.2) is 54.6 Å². The molecular weight excluding hydrogens is 351 g/mol. The Morgan fingerprint density at radius 3 is 2.65 bits per heavy atom. The minimum Gasteiger partial charge on any atom is -0.481 e. The van der Waals surface area contributed by atoms with Crippen molar-refractivity contribution in [1.29, 1.82) is 0 Å². The second-order valence-electron chi connectivity index (χ2n) is 6.07. The molecule has 0 saturated heterocycles. The minimum atomic E-state index is -0.348. The molecule has 0 unspecified atom stereocenters. The SMILES string of the molecule is COc1ccc(-c2ccc3[nH]c(-c4c(F)cccc4Cl)cc3c2)c(C)n1. The summed E-state index contributed by atoms with van der Waals surface area (Å²) in [5.74, 6) is 0.241. The average Bonchev–Trinajstić information content (AvgIpc) is 3.04. The number of H-pyrrole nitrogens is 1. The molecule has 2 aromatic carbocycles. The van der Waals surface area contributed by atoms with Gasteiger partial charge in [0.2, 0.25) is 5.88 Å². The molecule has 1 N–H and O–H groups in total. The standard InChI is InChI=1S/C21H16ClFN2O/c1-12-15(7-9-20(24-12)26-2)13-6-8-18-14(10-13)11-19(25-18)21-16(22)4-3-5-17(21)23/h3-11,25H,1-2H3. The first-order chi connectivity index (χ1) is 12.6. The molecule has 0 bridgehead atoms. The fourth-order valence-corrected chi connectivity index (χ4v) is 3.41. The smallest absolute Gasteiger partial charge is 0.213 e. The molecular formula is C21H16ClFN2O. The summed E-state index contributed by atoms with van der Waals surface area (Å²) < 4.78 is 19.4. The Morgan fingerprint density at radius 2 is 1.92 bits per heavy atom. The summed E-state index contributed by atoms with van der Waals surface area (Å²) >= 11 is 6.19. The fraction of sp³-hybridized carbons (Fsp3) is 0.0952. The molecule has 26 heavy (non-hydrogen) atoms. The molecule has 2 aromatic heterocycles. The Bertz CT molecular complexity index is 1100. The molecule has 0 spiro atoms. The number of ether oxygens (including phenoxy) is 1. The van der Waals surface area contributed by atoms with Crippen LogP contribution in [0, 0.1) is 12.7 Å². The van der Waals surface area contributed by atoms with E-state index in [1.807, 2.05) is 37.3 Å². The topological polar surface area (TPSA) is 37.9 Å². The Labute approximate surface area is 155 Å². The van der Waals surface area contributed by atoms with Crippen molar-refractivity contribution in [2.75, 3.05) is 7.11 Å². The van der Waals surface area contributed by atoms with Crippen molar-refractivity contribution in [1.82, 2.24) is 9.97 Å². The maximum Gasteiger partial charge on any atom is 0.213 e. The predicted molar refractivity (Wildman–Crippen MR) is 103 cm³/mol. The fourth-order valence-electron chi connectivity index (χ4n) is 3.15. The molecule has 0 fully saturated rings. The van der Waals surface area contributed by atoms with Gasteiger partial charge in [-0.25, -0.2) is 9.37 Å². The van der Waals surface area contributed by atoms with Crippen LogP contribution in [0.1, 0.15) is 5.69 Å². The number of rotatable bonds is 3. The van der Waals surface area contributed by atoms with E-state index in [1.165, 1.54) is 6.07 Å². The third-order valence-corrected chi connectivity index (χ3v) is 4.75. The molecule has 130 valence electrons. The molecule has 3 nitrogen and oxygen atoms in total. The molecule has 0 aliphatic carbocycles. The van der Waals surface area contributed by atoms with Gasteiger partial charge in [-0.2, -0.15) is 0 Å². The van der Waals surface area contributed by atoms with Gasteiger partial charge >= 0.3 is 0 Å². The molecule has 0 amide bonds. The summed E-state index contributed by atoms with van der Waals surface area (Å²) in [4.78, 5) is 7.67. The molecule has 0 aliphatic heterocycles. The number of nitrogens with one attached hydrogen (secondary N) is 1. The van der Waals surface area contributed by atoms with E-state index in [0.29, 0.717) is 22.2 Å². The molecule has 4 aromatic rings. The van der Waals surface area contributed by atoms with Crippen molar-refractivity contribution < 1.29 is 9.13 Å². The Balaban J connectivity index is 1.82. The zero-order valence-corrected chi connectivity index (χ0v) is 15.1. The normalized spacial score (nSPS) is 11.1. The van der Waals surface area contributed by atoms with Crippen LogP contribution in [0.25, 0.3) is 33.3 Å². The number of aryl methyl sites for hydroxylation is 1. The van der Waals surface area contributed by atoms with Crippen LogP contribution >= 0.6 is 11.6 Å². The van der Waals surface area contributed by atoms with Crippen LogP contribution < -0.4 is 4.74 Å². The molecule has 4 rings (SSSR count). The summed E-state index contributed by atoms with van der Waals surface area (Å²) in [5, 5.41) is 1.36. The highest BCUT2D eigenvalue weighted by Gasteiger charge is 2.13. The lowest BCUT2D eigenvalue weighted by Crippen LogP contribution is -1.92. The first kappa shape index (κ1) is 16.6. The third-order valence-electron chi connectivity index (χ3n) is 4.43. The lowest BCUT2D eigenvalue weighted by Gasteiger charge is -2.07. The Morgan fingerprint density at radius 1 is 1.08 bits per heavy atom. The van der Waals surface area contributed by atoms with Crippen LogP contribution in [0.3, 0.4) is 0 Å². The monoisotopic (exact) mass is 366 g/mol. The van der Waals surface area contributed by atoms with Crippen molar-refractivity contribution in [2.45, 2.75) is 6.92 Å². The number of pyridine rings is 1. The Hall–Kier alpha value is -2.85. The van der Waals surface area contributed by atoms with Crippen LogP contribution in [0.2, 0.25) is 5.02 Å². The average molecular weight is 367 g/mol. The van der Waals surface area contributed by atoms with E-state index in [4.69, 9.17) is 16.3 Å². The van der Waals surface area contributed by atoms with Crippen LogP contribution in [-0.2, 0) is 0 Å². The number of nitrogens with zero attached hydrogens (tertiary/aromatic N) is 1. The van der Waals surface area contributed by atoms with Gasteiger partial charge in [0.05, 0.1) is 23.4 Å². The molecule has 0 saturated carbocycles. The number of hydrogen-bond donors (Lipinski definition) is 1. The van der Waals surface area contributed by atoms with Gasteiger partial charge in [-0.3, -0.25) is 0 Å². The summed E-state index contributed by atoms with van der Waals surface area (Å²) in [6.45, 7) is 1.95. The predicted octanol–water partition coefficient (Wildman–Crippen LogP) is 6.01. The lowest BCUT2D eigenvalue weighted by molar-refractivity contribution is 0.397. The third kappa shape index (κ3) is 2.82. The highest BCUT2D eigenvalue weighted by molar-refractivity contribution is 6.33. The number of fused-ring (bicyclic) bond motifs is 1. The van der Waals surface area contributed by atoms with E-state index in [2.05, 4.69) is 16.0 Å². The number of aromatic nitrogens is 2. The van der Waals surface area contributed by atoms with E-state index in [0.717, 1.165) is 27.7 Å². The van der Waals surface area contributed by atoms with Gasteiger partial charge in [0.25, 0.3) is 0 Å². The van der Waals surface area contributed by atoms with E-state index in [-0.39, 0.29) is 5.82 Å². The maximum atomic E-state index is 14.2. The first-order valence-corrected chi connectivity index (χ1v) is 8.54. The number of halogens is 2. The highest BCUT2D eigenvalue weighted by Crippen LogP contribution is 2.34. The van der Waals surface area contributed by atoms with Crippen molar-refractivity contribution in [3.8, 4) is 28.3 Å². The van der Waals surface area contributed by atoms with Gasteiger partial charge < -0.3 is 9.72 Å². The van der Waals surface area contributed by atoms with Crippen LogP contribution in [-0.4, -0.2) is 17.1 Å². The number of methoxy groups -OCH3 is 1. The summed E-state index contributed by atoms with van der Waals surface area (Å²) in [6, 6.07) is 16.5. The largest absolute Gasteiger partial charge is 0.481 e. The minimum absolute atomic E-state index is 0.348. The zero-order valence-electron chi connectivity index (χ0n) is 14.3. The first-order valence-electron chi connectivity index (χ1n) is 8.16. The molecule has 5 heteroatoms. The summed E-state index contributed by atoms with van der Waals surface area (Å²) in [7, 11) is 1.60. The van der Waals surface area contributed by atoms with Crippen molar-refractivity contribution in [3.63, 3.8) is 0 Å². The van der Waals surface area contributed by atoms with E-state index in [9.17, 15) is 4.39 Å². The number of hydrogen-bond acceptors (Lipinski definition) is 2. The highest BCUT2D eigenvalue weighted by atomic mass is 35.5. The van der Waals surface area contributed by atoms with Gasteiger partial charge in [-0.05, 0) is 48.9 Å². The van der Waals surface area contributed by atoms with Gasteiger partial charge in [0.15, 0.2) is 0 Å². The van der Waals surface area contributed by atoms with Crippen molar-refractivity contribution in [3.05, 3.63) is 71.1 Å². The molecule has 0 atom stereocenters. The maximum absolute atomic E-state index is 14.2. The molecule has 2 heterocycles. The Kier molecular flexibility index (Phi) is 4.13. The summed E-state index contributed by atoms with van der Waals surface area (Å²) in [5.41, 5.74) is 4.91. The zero-order chi connectivity index (χ0) is 18.3.